The molecule has 1 N–H and O–H groups in total. The molecule has 1 heterocycles. The normalized spacial score (nSPS) is 14.9. The Hall–Kier alpha value is -0.400. The molecule has 0 saturated heterocycles. The van der Waals surface area contributed by atoms with E-state index in [4.69, 9.17) is 11.6 Å². The number of alkyl halides is 1. The van der Waals surface area contributed by atoms with Crippen LogP contribution in [-0.4, -0.2) is 14.3 Å². The van der Waals surface area contributed by atoms with Crippen molar-refractivity contribution in [3.63, 3.8) is 0 Å². The maximum Gasteiger partial charge on any atom is 0.250 e. The number of hydrogen-bond donors (Lipinski definition) is 1. The van der Waals surface area contributed by atoms with E-state index in [1.807, 2.05) is 37.3 Å². The van der Waals surface area contributed by atoms with Gasteiger partial charge in [-0.2, -0.15) is 4.72 Å². The second kappa shape index (κ2) is 6.38. The minimum absolute atomic E-state index is 0.141. The number of halogens is 2. The predicted molar refractivity (Wildman–Crippen MR) is 91.6 cm³/mol. The first-order valence-corrected chi connectivity index (χ1v) is 9.82. The lowest BCUT2D eigenvalue weighted by atomic mass is 9.96. The molecule has 2 aromatic rings. The van der Waals surface area contributed by atoms with E-state index in [1.54, 1.807) is 13.0 Å². The molecule has 0 aliphatic heterocycles. The quantitative estimate of drug-likeness (QED) is 0.752. The van der Waals surface area contributed by atoms with E-state index in [1.165, 1.54) is 11.3 Å². The molecule has 21 heavy (non-hydrogen) atoms. The summed E-state index contributed by atoms with van der Waals surface area (Å²) in [5, 5.41) is 0. The number of hydrogen-bond acceptors (Lipinski definition) is 3. The van der Waals surface area contributed by atoms with Crippen LogP contribution in [0, 0.1) is 6.92 Å². The summed E-state index contributed by atoms with van der Waals surface area (Å²) < 4.78 is 28.9. The van der Waals surface area contributed by atoms with Gasteiger partial charge in [-0.15, -0.1) is 22.9 Å². The molecule has 0 aliphatic rings. The highest BCUT2D eigenvalue weighted by atomic mass is 79.9. The van der Waals surface area contributed by atoms with E-state index < -0.39 is 15.6 Å². The molecule has 0 radical (unpaired) electrons. The fourth-order valence-electron chi connectivity index (χ4n) is 1.88. The van der Waals surface area contributed by atoms with Crippen LogP contribution in [0.5, 0.6) is 0 Å². The third-order valence-electron chi connectivity index (χ3n) is 3.14. The van der Waals surface area contributed by atoms with Crippen LogP contribution in [0.3, 0.4) is 0 Å². The summed E-state index contributed by atoms with van der Waals surface area (Å²) in [6, 6.07) is 11.0. The number of nitrogens with one attached hydrogen (secondary N) is 1. The Morgan fingerprint density at radius 3 is 2.43 bits per heavy atom. The molecule has 1 unspecified atom stereocenters. The van der Waals surface area contributed by atoms with Crippen molar-refractivity contribution < 1.29 is 8.42 Å². The van der Waals surface area contributed by atoms with Crippen LogP contribution in [0.15, 0.2) is 44.4 Å². The highest BCUT2D eigenvalue weighted by molar-refractivity contribution is 9.11. The fraction of sp³-hybridized carbons (Fsp3) is 0.286. The van der Waals surface area contributed by atoms with Crippen molar-refractivity contribution in [3.8, 4) is 0 Å². The van der Waals surface area contributed by atoms with E-state index in [-0.39, 0.29) is 10.1 Å². The van der Waals surface area contributed by atoms with Gasteiger partial charge in [-0.1, -0.05) is 30.3 Å². The zero-order valence-corrected chi connectivity index (χ0v) is 15.5. The van der Waals surface area contributed by atoms with Crippen molar-refractivity contribution in [1.82, 2.24) is 4.72 Å². The first kappa shape index (κ1) is 17.0. The van der Waals surface area contributed by atoms with E-state index >= 15 is 0 Å². The summed E-state index contributed by atoms with van der Waals surface area (Å²) in [5.41, 5.74) is 0.870. The smallest absolute Gasteiger partial charge is 0.206 e. The number of sulfonamides is 1. The summed E-state index contributed by atoms with van der Waals surface area (Å²) in [4.78, 5) is 0. The first-order valence-electron chi connectivity index (χ1n) is 6.20. The van der Waals surface area contributed by atoms with Crippen molar-refractivity contribution in [2.24, 2.45) is 0 Å². The molecular weight excluding hydrogens is 394 g/mol. The maximum atomic E-state index is 12.6. The first-order chi connectivity index (χ1) is 9.78. The standard InChI is InChI=1S/C14H15BrClNO2S2/c1-10-8-12(20-13(10)15)21(18,19)17-14(2,9-16)11-6-4-3-5-7-11/h3-8,17H,9H2,1-2H3. The number of rotatable bonds is 5. The highest BCUT2D eigenvalue weighted by Crippen LogP contribution is 2.32. The predicted octanol–water partition coefficient (Wildman–Crippen LogP) is 4.25. The molecule has 0 spiro atoms. The van der Waals surface area contributed by atoms with E-state index in [0.717, 1.165) is 14.9 Å². The fourth-order valence-corrected chi connectivity index (χ4v) is 5.80. The van der Waals surface area contributed by atoms with Gasteiger partial charge in [-0.25, -0.2) is 8.42 Å². The Kier molecular flexibility index (Phi) is 5.15. The Morgan fingerprint density at radius 2 is 1.95 bits per heavy atom. The summed E-state index contributed by atoms with van der Waals surface area (Å²) in [6.45, 7) is 3.64. The number of thiophene rings is 1. The second-order valence-corrected chi connectivity index (χ2v) is 9.51. The van der Waals surface area contributed by atoms with Crippen LogP contribution in [0.1, 0.15) is 18.1 Å². The lowest BCUT2D eigenvalue weighted by molar-refractivity contribution is 0.478. The van der Waals surface area contributed by atoms with E-state index in [0.29, 0.717) is 0 Å². The van der Waals surface area contributed by atoms with E-state index in [9.17, 15) is 8.42 Å². The molecule has 0 aliphatic carbocycles. The monoisotopic (exact) mass is 407 g/mol. The molecule has 1 aromatic heterocycles. The topological polar surface area (TPSA) is 46.2 Å². The third-order valence-corrected chi connectivity index (χ3v) is 7.88. The van der Waals surface area contributed by atoms with Gasteiger partial charge < -0.3 is 0 Å². The van der Waals surface area contributed by atoms with Crippen LogP contribution in [0.4, 0.5) is 0 Å². The third kappa shape index (κ3) is 3.68. The minimum atomic E-state index is -3.63. The SMILES string of the molecule is Cc1cc(S(=O)(=O)NC(C)(CCl)c2ccccc2)sc1Br. The van der Waals surface area contributed by atoms with Crippen LogP contribution in [0.25, 0.3) is 0 Å². The van der Waals surface area contributed by atoms with Crippen molar-refractivity contribution in [2.75, 3.05) is 5.88 Å². The van der Waals surface area contributed by atoms with Gasteiger partial charge in [0.05, 0.1) is 9.33 Å². The van der Waals surface area contributed by atoms with Crippen LogP contribution in [0.2, 0.25) is 0 Å². The molecule has 0 bridgehead atoms. The molecule has 1 atom stereocenters. The van der Waals surface area contributed by atoms with Gasteiger partial charge in [0.25, 0.3) is 10.0 Å². The van der Waals surface area contributed by atoms with Gasteiger partial charge in [-0.3, -0.25) is 0 Å². The number of benzene rings is 1. The molecule has 0 fully saturated rings. The average Bonchev–Trinajstić information content (AvgIpc) is 2.80. The van der Waals surface area contributed by atoms with Gasteiger partial charge in [0.1, 0.15) is 4.21 Å². The lowest BCUT2D eigenvalue weighted by Gasteiger charge is -2.28. The molecule has 3 nitrogen and oxygen atoms in total. The highest BCUT2D eigenvalue weighted by Gasteiger charge is 2.32. The molecule has 7 heteroatoms. The zero-order valence-electron chi connectivity index (χ0n) is 11.6. The largest absolute Gasteiger partial charge is 0.250 e. The Balaban J connectivity index is 2.38. The van der Waals surface area contributed by atoms with Crippen molar-refractivity contribution >= 4 is 48.9 Å². The average molecular weight is 409 g/mol. The Morgan fingerprint density at radius 1 is 1.33 bits per heavy atom. The van der Waals surface area contributed by atoms with Crippen molar-refractivity contribution in [1.29, 1.82) is 0 Å². The molecule has 114 valence electrons. The van der Waals surface area contributed by atoms with Crippen molar-refractivity contribution in [3.05, 3.63) is 51.3 Å². The molecule has 2 rings (SSSR count). The molecule has 0 saturated carbocycles. The van der Waals surface area contributed by atoms with Crippen LogP contribution >= 0.6 is 38.9 Å². The Labute approximate surface area is 142 Å². The number of aryl methyl sites for hydroxylation is 1. The van der Waals surface area contributed by atoms with Crippen molar-refractivity contribution in [2.45, 2.75) is 23.6 Å². The van der Waals surface area contributed by atoms with Gasteiger partial charge in [0.15, 0.2) is 0 Å². The lowest BCUT2D eigenvalue weighted by Crippen LogP contribution is -2.44. The van der Waals surface area contributed by atoms with Crippen LogP contribution < -0.4 is 4.72 Å². The zero-order chi connectivity index (χ0) is 15.7. The molecule has 0 amide bonds. The summed E-state index contributed by atoms with van der Waals surface area (Å²) >= 11 is 10.6. The maximum absolute atomic E-state index is 12.6. The molecule has 1 aromatic carbocycles. The molecular formula is C14H15BrClNO2S2. The summed E-state index contributed by atoms with van der Waals surface area (Å²) in [7, 11) is -3.63. The van der Waals surface area contributed by atoms with Gasteiger partial charge in [-0.05, 0) is 47.0 Å². The minimum Gasteiger partial charge on any atom is -0.206 e. The summed E-state index contributed by atoms with van der Waals surface area (Å²) in [5.74, 6) is 0.141. The van der Waals surface area contributed by atoms with Gasteiger partial charge >= 0.3 is 0 Å². The Bertz CT molecular complexity index is 711. The summed E-state index contributed by atoms with van der Waals surface area (Å²) in [6.07, 6.45) is 0. The van der Waals surface area contributed by atoms with Gasteiger partial charge in [0, 0.05) is 5.88 Å². The van der Waals surface area contributed by atoms with Crippen LogP contribution in [-0.2, 0) is 15.6 Å². The van der Waals surface area contributed by atoms with E-state index in [2.05, 4.69) is 20.7 Å². The second-order valence-electron chi connectivity index (χ2n) is 4.96. The van der Waals surface area contributed by atoms with Gasteiger partial charge in [0.2, 0.25) is 0 Å².